The third-order valence-corrected chi connectivity index (χ3v) is 5.23. The lowest BCUT2D eigenvalue weighted by Gasteiger charge is -2.05. The smallest absolute Gasteiger partial charge is 0.263 e. The van der Waals surface area contributed by atoms with Gasteiger partial charge in [-0.3, -0.25) is 4.79 Å². The van der Waals surface area contributed by atoms with Crippen molar-refractivity contribution in [1.29, 1.82) is 0 Å². The number of phenols is 1. The summed E-state index contributed by atoms with van der Waals surface area (Å²) < 4.78 is 13.3. The number of fused-ring (bicyclic) bond motifs is 1. The van der Waals surface area contributed by atoms with Crippen molar-refractivity contribution >= 4 is 33.1 Å². The fourth-order valence-corrected chi connectivity index (χ4v) is 3.94. The van der Waals surface area contributed by atoms with E-state index in [-0.39, 0.29) is 11.7 Å². The number of hydrogen-bond donors (Lipinski definition) is 3. The Kier molecular flexibility index (Phi) is 5.60. The molecule has 1 amide bonds. The van der Waals surface area contributed by atoms with Crippen LogP contribution in [0.25, 0.3) is 10.2 Å². The Morgan fingerprint density at radius 1 is 1.33 bits per heavy atom. The molecule has 0 aliphatic rings. The highest BCUT2D eigenvalue weighted by Gasteiger charge is 2.17. The van der Waals surface area contributed by atoms with Crippen LogP contribution in [0, 0.1) is 11.7 Å². The number of nitrogen functional groups attached to an aromatic ring is 1. The van der Waals surface area contributed by atoms with Crippen LogP contribution in [0.5, 0.6) is 5.75 Å². The minimum atomic E-state index is -0.506. The van der Waals surface area contributed by atoms with Gasteiger partial charge in [-0.25, -0.2) is 9.37 Å². The van der Waals surface area contributed by atoms with Gasteiger partial charge in [0.05, 0.1) is 5.69 Å². The van der Waals surface area contributed by atoms with Crippen LogP contribution in [-0.2, 0) is 12.8 Å². The van der Waals surface area contributed by atoms with Gasteiger partial charge in [0.15, 0.2) is 0 Å². The molecule has 0 atom stereocenters. The summed E-state index contributed by atoms with van der Waals surface area (Å²) in [7, 11) is 0. The number of pyridine rings is 1. The number of rotatable bonds is 6. The van der Waals surface area contributed by atoms with Crippen molar-refractivity contribution in [3.8, 4) is 5.75 Å². The van der Waals surface area contributed by atoms with Crippen molar-refractivity contribution < 1.29 is 14.3 Å². The van der Waals surface area contributed by atoms with Gasteiger partial charge in [-0.1, -0.05) is 13.8 Å². The third-order valence-electron chi connectivity index (χ3n) is 4.12. The first-order valence-corrected chi connectivity index (χ1v) is 9.59. The van der Waals surface area contributed by atoms with Gasteiger partial charge in [-0.15, -0.1) is 11.3 Å². The Balaban J connectivity index is 1.70. The number of aromatic hydroxyl groups is 1. The fraction of sp³-hybridized carbons (Fsp3) is 0.300. The van der Waals surface area contributed by atoms with Gasteiger partial charge in [0.25, 0.3) is 5.91 Å². The highest BCUT2D eigenvalue weighted by Crippen LogP contribution is 2.32. The SMILES string of the molecule is CC(C)Cc1ccc2c(N)c(C(=O)NCCc3cc(O)cc(F)c3)sc2n1. The maximum Gasteiger partial charge on any atom is 0.263 e. The molecule has 2 heterocycles. The standard InChI is InChI=1S/C20H22FN3O2S/c1-11(2)7-14-3-4-16-17(22)18(27-20(16)24-14)19(26)23-6-5-12-8-13(21)10-15(25)9-12/h3-4,8-11,25H,5-7,22H2,1-2H3,(H,23,26). The molecule has 3 rings (SSSR count). The number of nitrogens with two attached hydrogens (primary N) is 1. The normalized spacial score (nSPS) is 11.3. The molecule has 142 valence electrons. The van der Waals surface area contributed by atoms with Crippen molar-refractivity contribution in [3.63, 3.8) is 0 Å². The topological polar surface area (TPSA) is 88.2 Å². The molecule has 0 saturated heterocycles. The van der Waals surface area contributed by atoms with E-state index in [2.05, 4.69) is 24.1 Å². The first kappa shape index (κ1) is 19.1. The van der Waals surface area contributed by atoms with Crippen LogP contribution in [-0.4, -0.2) is 22.5 Å². The van der Waals surface area contributed by atoms with Gasteiger partial charge in [-0.05, 0) is 48.6 Å². The first-order valence-electron chi connectivity index (χ1n) is 8.78. The molecular weight excluding hydrogens is 365 g/mol. The number of benzene rings is 1. The Labute approximate surface area is 161 Å². The molecule has 0 radical (unpaired) electrons. The molecule has 0 bridgehead atoms. The zero-order valence-electron chi connectivity index (χ0n) is 15.3. The monoisotopic (exact) mass is 387 g/mol. The predicted molar refractivity (Wildman–Crippen MR) is 107 cm³/mol. The van der Waals surface area contributed by atoms with Gasteiger partial charge in [0, 0.05) is 23.7 Å². The number of amides is 1. The van der Waals surface area contributed by atoms with Gasteiger partial charge in [0.2, 0.25) is 0 Å². The Hall–Kier alpha value is -2.67. The lowest BCUT2D eigenvalue weighted by Crippen LogP contribution is -2.25. The molecule has 0 unspecified atom stereocenters. The molecule has 0 aliphatic heterocycles. The molecule has 3 aromatic rings. The molecule has 2 aromatic heterocycles. The summed E-state index contributed by atoms with van der Waals surface area (Å²) in [5.74, 6) is -0.416. The number of carbonyl (C=O) groups is 1. The molecule has 27 heavy (non-hydrogen) atoms. The molecular formula is C20H22FN3O2S. The van der Waals surface area contributed by atoms with E-state index in [4.69, 9.17) is 5.73 Å². The average molecular weight is 387 g/mol. The van der Waals surface area contributed by atoms with Crippen LogP contribution in [0.3, 0.4) is 0 Å². The maximum absolute atomic E-state index is 13.3. The largest absolute Gasteiger partial charge is 0.508 e. The maximum atomic E-state index is 13.3. The van der Waals surface area contributed by atoms with Crippen molar-refractivity contribution in [3.05, 3.63) is 52.3 Å². The lowest BCUT2D eigenvalue weighted by molar-refractivity contribution is 0.0959. The number of aromatic nitrogens is 1. The van der Waals surface area contributed by atoms with Gasteiger partial charge in [-0.2, -0.15) is 0 Å². The zero-order chi connectivity index (χ0) is 19.6. The summed E-state index contributed by atoms with van der Waals surface area (Å²) in [6, 6.07) is 7.71. The molecule has 5 nitrogen and oxygen atoms in total. The van der Waals surface area contributed by atoms with E-state index < -0.39 is 5.82 Å². The number of hydrogen-bond acceptors (Lipinski definition) is 5. The van der Waals surface area contributed by atoms with Gasteiger partial charge >= 0.3 is 0 Å². The van der Waals surface area contributed by atoms with Crippen molar-refractivity contribution in [2.75, 3.05) is 12.3 Å². The van der Waals surface area contributed by atoms with Crippen molar-refractivity contribution in [1.82, 2.24) is 10.3 Å². The van der Waals surface area contributed by atoms with Crippen LogP contribution in [0.1, 0.15) is 34.8 Å². The summed E-state index contributed by atoms with van der Waals surface area (Å²) >= 11 is 1.28. The van der Waals surface area contributed by atoms with Crippen LogP contribution in [0.4, 0.5) is 10.1 Å². The molecule has 0 saturated carbocycles. The number of nitrogens with one attached hydrogen (secondary N) is 1. The van der Waals surface area contributed by atoms with Gasteiger partial charge < -0.3 is 16.2 Å². The van der Waals surface area contributed by atoms with E-state index in [9.17, 15) is 14.3 Å². The van der Waals surface area contributed by atoms with Crippen LogP contribution < -0.4 is 11.1 Å². The third kappa shape index (κ3) is 4.54. The minimum absolute atomic E-state index is 0.131. The molecule has 0 spiro atoms. The number of phenolic OH excluding ortho intramolecular Hbond substituents is 1. The predicted octanol–water partition coefficient (Wildman–Crippen LogP) is 3.89. The second-order valence-corrected chi connectivity index (χ2v) is 7.92. The van der Waals surface area contributed by atoms with E-state index >= 15 is 0 Å². The van der Waals surface area contributed by atoms with Crippen LogP contribution in [0.2, 0.25) is 0 Å². The van der Waals surface area contributed by atoms with Crippen molar-refractivity contribution in [2.45, 2.75) is 26.7 Å². The van der Waals surface area contributed by atoms with Gasteiger partial charge in [0.1, 0.15) is 21.3 Å². The highest BCUT2D eigenvalue weighted by atomic mass is 32.1. The Morgan fingerprint density at radius 3 is 2.81 bits per heavy atom. The van der Waals surface area contributed by atoms with E-state index in [0.29, 0.717) is 35.0 Å². The average Bonchev–Trinajstić information content (AvgIpc) is 2.90. The second-order valence-electron chi connectivity index (χ2n) is 6.92. The molecule has 7 heteroatoms. The van der Waals surface area contributed by atoms with Crippen LogP contribution >= 0.6 is 11.3 Å². The fourth-order valence-electron chi connectivity index (χ4n) is 2.91. The van der Waals surface area contributed by atoms with Crippen molar-refractivity contribution in [2.24, 2.45) is 5.92 Å². The summed E-state index contributed by atoms with van der Waals surface area (Å²) in [6.45, 7) is 4.57. The first-order chi connectivity index (χ1) is 12.8. The number of anilines is 1. The number of carbonyl (C=O) groups excluding carboxylic acids is 1. The van der Waals surface area contributed by atoms with Crippen LogP contribution in [0.15, 0.2) is 30.3 Å². The molecule has 4 N–H and O–H groups in total. The van der Waals surface area contributed by atoms with E-state index in [1.54, 1.807) is 0 Å². The summed E-state index contributed by atoms with van der Waals surface area (Å²) in [6.07, 6.45) is 1.27. The number of halogens is 1. The Bertz CT molecular complexity index is 965. The molecule has 1 aromatic carbocycles. The highest BCUT2D eigenvalue weighted by molar-refractivity contribution is 7.21. The minimum Gasteiger partial charge on any atom is -0.508 e. The second kappa shape index (κ2) is 7.92. The lowest BCUT2D eigenvalue weighted by atomic mass is 10.1. The number of thiophene rings is 1. The molecule has 0 fully saturated rings. The quantitative estimate of drug-likeness (QED) is 0.599. The van der Waals surface area contributed by atoms with E-state index in [0.717, 1.165) is 28.4 Å². The van der Waals surface area contributed by atoms with E-state index in [1.165, 1.54) is 23.5 Å². The summed E-state index contributed by atoms with van der Waals surface area (Å²) in [5, 5.41) is 13.0. The zero-order valence-corrected chi connectivity index (χ0v) is 16.1. The van der Waals surface area contributed by atoms with E-state index in [1.807, 2.05) is 12.1 Å². The summed E-state index contributed by atoms with van der Waals surface area (Å²) in [5.41, 5.74) is 8.16. The number of nitrogens with zero attached hydrogens (tertiary/aromatic N) is 1. The molecule has 0 aliphatic carbocycles. The summed E-state index contributed by atoms with van der Waals surface area (Å²) in [4.78, 5) is 18.3. The Morgan fingerprint density at radius 2 is 2.11 bits per heavy atom.